The topological polar surface area (TPSA) is 40.2 Å². The Morgan fingerprint density at radius 2 is 1.94 bits per heavy atom. The van der Waals surface area contributed by atoms with E-state index in [-0.39, 0.29) is 6.04 Å². The number of nitrogens with one attached hydrogen (secondary N) is 2. The highest BCUT2D eigenvalue weighted by Gasteiger charge is 2.22. The van der Waals surface area contributed by atoms with Gasteiger partial charge in [0.1, 0.15) is 19.2 Å². The fourth-order valence-electron chi connectivity index (χ4n) is 3.84. The SMILES string of the molecule is C=C(C)S/C(=C/C)c1ccc2cnc(NC(=C)N3CCC(NC(CF)CF)CC3)cc2c1. The molecule has 1 aliphatic heterocycles. The van der Waals surface area contributed by atoms with E-state index >= 15 is 0 Å². The van der Waals surface area contributed by atoms with E-state index in [4.69, 9.17) is 0 Å². The fraction of sp³-hybridized carbons (Fsp3) is 0.400. The monoisotopic (exact) mass is 458 g/mol. The summed E-state index contributed by atoms with van der Waals surface area (Å²) in [5, 5.41) is 8.56. The van der Waals surface area contributed by atoms with Crippen LogP contribution in [0.3, 0.4) is 0 Å². The molecule has 7 heteroatoms. The number of hydrogen-bond acceptors (Lipinski definition) is 5. The van der Waals surface area contributed by atoms with Gasteiger partial charge < -0.3 is 15.5 Å². The lowest BCUT2D eigenvalue weighted by atomic mass is 10.0. The van der Waals surface area contributed by atoms with E-state index in [1.807, 2.05) is 26.1 Å². The van der Waals surface area contributed by atoms with Gasteiger partial charge in [-0.2, -0.15) is 0 Å². The number of benzene rings is 1. The Kier molecular flexibility index (Phi) is 8.70. The Morgan fingerprint density at radius 3 is 2.56 bits per heavy atom. The Labute approximate surface area is 193 Å². The van der Waals surface area contributed by atoms with Crippen LogP contribution < -0.4 is 10.6 Å². The van der Waals surface area contributed by atoms with E-state index in [1.165, 1.54) is 4.91 Å². The second kappa shape index (κ2) is 11.5. The molecule has 32 heavy (non-hydrogen) atoms. The van der Waals surface area contributed by atoms with Gasteiger partial charge in [0, 0.05) is 35.6 Å². The predicted molar refractivity (Wildman–Crippen MR) is 134 cm³/mol. The van der Waals surface area contributed by atoms with Crippen LogP contribution in [0.4, 0.5) is 14.6 Å². The minimum atomic E-state index is -0.698. The lowest BCUT2D eigenvalue weighted by Gasteiger charge is -2.36. The number of allylic oxidation sites excluding steroid dienone is 2. The molecule has 0 saturated carbocycles. The molecule has 0 radical (unpaired) electrons. The van der Waals surface area contributed by atoms with Crippen molar-refractivity contribution in [3.05, 3.63) is 66.0 Å². The molecular weight excluding hydrogens is 426 g/mol. The summed E-state index contributed by atoms with van der Waals surface area (Å²) in [5.74, 6) is 1.52. The molecule has 2 aromatic rings. The van der Waals surface area contributed by atoms with E-state index in [0.29, 0.717) is 0 Å². The molecule has 0 spiro atoms. The molecule has 1 aromatic carbocycles. The molecule has 1 aliphatic rings. The number of thioether (sulfide) groups is 1. The number of likely N-dealkylation sites (tertiary alicyclic amines) is 1. The van der Waals surface area contributed by atoms with Crippen molar-refractivity contribution in [1.29, 1.82) is 0 Å². The summed E-state index contributed by atoms with van der Waals surface area (Å²) in [6, 6.07) is 7.82. The molecule has 1 aromatic heterocycles. The van der Waals surface area contributed by atoms with Crippen LogP contribution in [0.15, 0.2) is 60.4 Å². The Bertz CT molecular complexity index is 979. The second-order valence-electron chi connectivity index (χ2n) is 8.09. The number of rotatable bonds is 10. The molecule has 0 amide bonds. The van der Waals surface area contributed by atoms with Crippen LogP contribution in [0.1, 0.15) is 32.3 Å². The average molecular weight is 459 g/mol. The van der Waals surface area contributed by atoms with Gasteiger partial charge in [-0.1, -0.05) is 43.1 Å². The number of nitrogens with zero attached hydrogens (tertiary/aromatic N) is 2. The van der Waals surface area contributed by atoms with Crippen molar-refractivity contribution in [2.75, 3.05) is 31.8 Å². The van der Waals surface area contributed by atoms with E-state index < -0.39 is 19.4 Å². The summed E-state index contributed by atoms with van der Waals surface area (Å²) >= 11 is 1.67. The number of alkyl halides is 2. The van der Waals surface area contributed by atoms with Crippen molar-refractivity contribution < 1.29 is 8.78 Å². The maximum absolute atomic E-state index is 12.8. The third kappa shape index (κ3) is 6.33. The van der Waals surface area contributed by atoms with Gasteiger partial charge in [0.05, 0.1) is 11.9 Å². The molecule has 3 rings (SSSR count). The molecule has 0 atom stereocenters. The van der Waals surface area contributed by atoms with Gasteiger partial charge in [-0.05, 0) is 54.7 Å². The van der Waals surface area contributed by atoms with Crippen molar-refractivity contribution in [2.24, 2.45) is 0 Å². The molecule has 2 N–H and O–H groups in total. The Hall–Kier alpha value is -2.38. The van der Waals surface area contributed by atoms with Crippen molar-refractivity contribution in [3.63, 3.8) is 0 Å². The molecule has 1 fully saturated rings. The first kappa shape index (κ1) is 24.3. The third-order valence-corrected chi connectivity index (χ3v) is 6.59. The van der Waals surface area contributed by atoms with Gasteiger partial charge in [-0.15, -0.1) is 0 Å². The fourth-order valence-corrected chi connectivity index (χ4v) is 4.58. The number of pyridine rings is 1. The van der Waals surface area contributed by atoms with Crippen LogP contribution in [0, 0.1) is 0 Å². The number of fused-ring (bicyclic) bond motifs is 1. The predicted octanol–water partition coefficient (Wildman–Crippen LogP) is 6.11. The van der Waals surface area contributed by atoms with Crippen molar-refractivity contribution >= 4 is 33.3 Å². The highest BCUT2D eigenvalue weighted by atomic mass is 32.2. The highest BCUT2D eigenvalue weighted by Crippen LogP contribution is 2.34. The van der Waals surface area contributed by atoms with E-state index in [9.17, 15) is 8.78 Å². The van der Waals surface area contributed by atoms with Crippen LogP contribution >= 0.6 is 11.8 Å². The smallest absolute Gasteiger partial charge is 0.131 e. The van der Waals surface area contributed by atoms with Gasteiger partial charge in [0.25, 0.3) is 0 Å². The lowest BCUT2D eigenvalue weighted by Crippen LogP contribution is -2.47. The number of hydrogen-bond donors (Lipinski definition) is 2. The number of piperidine rings is 1. The van der Waals surface area contributed by atoms with Crippen molar-refractivity contribution in [2.45, 2.75) is 38.8 Å². The van der Waals surface area contributed by atoms with Crippen LogP contribution in [0.2, 0.25) is 0 Å². The van der Waals surface area contributed by atoms with E-state index in [2.05, 4.69) is 58.0 Å². The average Bonchev–Trinajstić information content (AvgIpc) is 2.80. The summed E-state index contributed by atoms with van der Waals surface area (Å²) in [7, 11) is 0. The first-order valence-corrected chi connectivity index (χ1v) is 11.7. The zero-order valence-electron chi connectivity index (χ0n) is 18.8. The maximum atomic E-state index is 12.8. The normalized spacial score (nSPS) is 15.4. The first-order valence-electron chi connectivity index (χ1n) is 10.9. The van der Waals surface area contributed by atoms with Crippen LogP contribution in [-0.2, 0) is 0 Å². The number of halogens is 2. The molecule has 2 heterocycles. The molecule has 0 bridgehead atoms. The summed E-state index contributed by atoms with van der Waals surface area (Å²) in [4.78, 5) is 8.91. The summed E-state index contributed by atoms with van der Waals surface area (Å²) < 4.78 is 25.5. The third-order valence-electron chi connectivity index (χ3n) is 5.55. The Morgan fingerprint density at radius 1 is 1.22 bits per heavy atom. The largest absolute Gasteiger partial charge is 0.359 e. The standard InChI is InChI=1S/C25H32F2N4S/c1-5-24(32-17(2)3)19-6-7-20-16-28-25(13-21(20)12-19)29-18(4)31-10-8-22(9-11-31)30-23(14-26)15-27/h5-7,12-13,16,22-23,30H,2,4,8-11,14-15H2,1,3H3,(H,28,29)/b24-5+. The van der Waals surface area contributed by atoms with Gasteiger partial charge in [0.2, 0.25) is 0 Å². The van der Waals surface area contributed by atoms with Gasteiger partial charge in [-0.3, -0.25) is 0 Å². The summed E-state index contributed by atoms with van der Waals surface area (Å²) in [6.07, 6.45) is 5.60. The maximum Gasteiger partial charge on any atom is 0.131 e. The van der Waals surface area contributed by atoms with Crippen LogP contribution in [0.5, 0.6) is 0 Å². The summed E-state index contributed by atoms with van der Waals surface area (Å²) in [5.41, 5.74) is 1.15. The first-order chi connectivity index (χ1) is 15.4. The minimum absolute atomic E-state index is 0.130. The number of aromatic nitrogens is 1. The minimum Gasteiger partial charge on any atom is -0.359 e. The Balaban J connectivity index is 1.64. The number of anilines is 1. The summed E-state index contributed by atoms with van der Waals surface area (Å²) in [6.45, 7) is 12.4. The molecule has 0 unspecified atom stereocenters. The van der Waals surface area contributed by atoms with Crippen molar-refractivity contribution in [3.8, 4) is 0 Å². The molecule has 0 aliphatic carbocycles. The molecule has 172 valence electrons. The van der Waals surface area contributed by atoms with Crippen molar-refractivity contribution in [1.82, 2.24) is 15.2 Å². The van der Waals surface area contributed by atoms with Crippen LogP contribution in [-0.4, -0.2) is 48.4 Å². The van der Waals surface area contributed by atoms with Gasteiger partial charge >= 0.3 is 0 Å². The van der Waals surface area contributed by atoms with Crippen LogP contribution in [0.25, 0.3) is 15.7 Å². The van der Waals surface area contributed by atoms with Gasteiger partial charge in [0.15, 0.2) is 0 Å². The van der Waals surface area contributed by atoms with E-state index in [1.54, 1.807) is 11.8 Å². The van der Waals surface area contributed by atoms with Gasteiger partial charge in [-0.25, -0.2) is 13.8 Å². The molecule has 4 nitrogen and oxygen atoms in total. The molecular formula is C25H32F2N4S. The highest BCUT2D eigenvalue weighted by molar-refractivity contribution is 8.11. The van der Waals surface area contributed by atoms with E-state index in [0.717, 1.165) is 58.8 Å². The lowest BCUT2D eigenvalue weighted by molar-refractivity contribution is 0.210. The zero-order valence-corrected chi connectivity index (χ0v) is 19.7. The molecule has 1 saturated heterocycles. The second-order valence-corrected chi connectivity index (χ2v) is 9.43. The quantitative estimate of drug-likeness (QED) is 0.450. The zero-order chi connectivity index (χ0) is 23.1.